The lowest BCUT2D eigenvalue weighted by Crippen LogP contribution is -2.49. The first kappa shape index (κ1) is 28.1. The van der Waals surface area contributed by atoms with Crippen LogP contribution in [0.2, 0.25) is 5.02 Å². The normalized spacial score (nSPS) is 14.6. The second-order valence-electron chi connectivity index (χ2n) is 10.9. The minimum atomic E-state index is -0.901. The number of anilines is 1. The lowest BCUT2D eigenvalue weighted by atomic mass is 9.97. The van der Waals surface area contributed by atoms with Crippen molar-refractivity contribution in [2.24, 2.45) is 0 Å². The number of rotatable bonds is 5. The van der Waals surface area contributed by atoms with Gasteiger partial charge in [0.2, 0.25) is 0 Å². The van der Waals surface area contributed by atoms with E-state index in [1.54, 1.807) is 0 Å². The Morgan fingerprint density at radius 1 is 0.975 bits per heavy atom. The highest BCUT2D eigenvalue weighted by Crippen LogP contribution is 2.43. The van der Waals surface area contributed by atoms with E-state index in [4.69, 9.17) is 11.6 Å². The lowest BCUT2D eigenvalue weighted by molar-refractivity contribution is 0.209. The molecule has 1 aliphatic rings. The van der Waals surface area contributed by atoms with Crippen LogP contribution in [0.5, 0.6) is 5.75 Å². The largest absolute Gasteiger partial charge is 0.507 e. The van der Waals surface area contributed by atoms with Gasteiger partial charge in [0.1, 0.15) is 17.4 Å². The molecule has 0 aliphatic carbocycles. The number of aromatic nitrogens is 2. The molecule has 1 N–H and O–H groups in total. The predicted molar refractivity (Wildman–Crippen MR) is 157 cm³/mol. The average Bonchev–Trinajstić information content (AvgIpc) is 2.90. The van der Waals surface area contributed by atoms with Gasteiger partial charge in [-0.1, -0.05) is 49.7 Å². The standard InChI is InChI=1S/C31H33ClF2N4O2/c1-17(2)20-9-6-8-19(5)28(20)38-29-21(30(35-31(38)40)37-14-12-36(13-15-37)18(3)4)16-22(32)25(27(29)34)26-23(33)10-7-11-24(26)39/h6-11,16-18,39H,12-15H2,1-5H3. The highest BCUT2D eigenvalue weighted by Gasteiger charge is 2.29. The Kier molecular flexibility index (Phi) is 7.59. The van der Waals surface area contributed by atoms with Crippen LogP contribution in [0.25, 0.3) is 27.7 Å². The SMILES string of the molecule is Cc1cccc(C(C)C)c1-n1c(=O)nc(N2CCN(C(C)C)CC2)c2cc(Cl)c(-c3c(O)cccc3F)c(F)c21. The fraction of sp³-hybridized carbons (Fsp3) is 0.355. The van der Waals surface area contributed by atoms with Gasteiger partial charge in [0.15, 0.2) is 5.82 Å². The van der Waals surface area contributed by atoms with Crippen molar-refractivity contribution < 1.29 is 13.9 Å². The van der Waals surface area contributed by atoms with Gasteiger partial charge in [-0.25, -0.2) is 13.6 Å². The van der Waals surface area contributed by atoms with E-state index in [0.717, 1.165) is 30.3 Å². The van der Waals surface area contributed by atoms with Crippen molar-refractivity contribution in [3.05, 3.63) is 80.7 Å². The molecule has 1 saturated heterocycles. The maximum atomic E-state index is 16.9. The number of hydrogen-bond acceptors (Lipinski definition) is 5. The molecule has 0 spiro atoms. The third kappa shape index (κ3) is 4.73. The van der Waals surface area contributed by atoms with Crippen LogP contribution in [0, 0.1) is 18.6 Å². The molecular weight excluding hydrogens is 534 g/mol. The van der Waals surface area contributed by atoms with E-state index in [1.165, 1.54) is 22.8 Å². The number of aromatic hydroxyl groups is 1. The van der Waals surface area contributed by atoms with Gasteiger partial charge < -0.3 is 10.0 Å². The van der Waals surface area contributed by atoms with E-state index >= 15 is 8.78 Å². The monoisotopic (exact) mass is 566 g/mol. The topological polar surface area (TPSA) is 61.6 Å². The molecule has 0 atom stereocenters. The van der Waals surface area contributed by atoms with Crippen molar-refractivity contribution in [3.8, 4) is 22.6 Å². The molecule has 3 aromatic carbocycles. The lowest BCUT2D eigenvalue weighted by Gasteiger charge is -2.38. The third-order valence-corrected chi connectivity index (χ3v) is 8.05. The van der Waals surface area contributed by atoms with Gasteiger partial charge in [-0.05, 0) is 56.0 Å². The summed E-state index contributed by atoms with van der Waals surface area (Å²) in [6.45, 7) is 12.8. The summed E-state index contributed by atoms with van der Waals surface area (Å²) in [4.78, 5) is 22.7. The molecule has 2 heterocycles. The first-order chi connectivity index (χ1) is 19.0. The molecule has 9 heteroatoms. The van der Waals surface area contributed by atoms with Crippen molar-refractivity contribution in [2.45, 2.75) is 46.6 Å². The molecule has 6 nitrogen and oxygen atoms in total. The van der Waals surface area contributed by atoms with E-state index in [-0.39, 0.29) is 27.6 Å². The number of halogens is 3. The summed E-state index contributed by atoms with van der Waals surface area (Å²) in [7, 11) is 0. The summed E-state index contributed by atoms with van der Waals surface area (Å²) in [5.41, 5.74) is 0.770. The number of hydrogen-bond donors (Lipinski definition) is 1. The highest BCUT2D eigenvalue weighted by atomic mass is 35.5. The van der Waals surface area contributed by atoms with E-state index in [1.807, 2.05) is 43.9 Å². The number of piperazine rings is 1. The molecule has 1 aliphatic heterocycles. The Labute approximate surface area is 237 Å². The number of benzene rings is 3. The van der Waals surface area contributed by atoms with Crippen molar-refractivity contribution in [1.82, 2.24) is 14.5 Å². The Hall–Kier alpha value is -3.49. The first-order valence-electron chi connectivity index (χ1n) is 13.5. The number of phenolic OH excluding ortho intramolecular Hbond substituents is 1. The van der Waals surface area contributed by atoms with E-state index in [9.17, 15) is 9.90 Å². The zero-order valence-electron chi connectivity index (χ0n) is 23.3. The minimum absolute atomic E-state index is 0.0195. The molecule has 40 heavy (non-hydrogen) atoms. The number of phenols is 1. The van der Waals surface area contributed by atoms with Crippen molar-refractivity contribution in [2.75, 3.05) is 31.1 Å². The van der Waals surface area contributed by atoms with Gasteiger partial charge in [-0.3, -0.25) is 9.47 Å². The maximum absolute atomic E-state index is 16.9. The van der Waals surface area contributed by atoms with Gasteiger partial charge in [0, 0.05) is 43.2 Å². The van der Waals surface area contributed by atoms with Crippen LogP contribution in [0.1, 0.15) is 44.7 Å². The average molecular weight is 567 g/mol. The first-order valence-corrected chi connectivity index (χ1v) is 13.9. The summed E-state index contributed by atoms with van der Waals surface area (Å²) in [6.07, 6.45) is 0. The van der Waals surface area contributed by atoms with Crippen molar-refractivity contribution >= 4 is 28.3 Å². The molecule has 0 amide bonds. The molecule has 210 valence electrons. The van der Waals surface area contributed by atoms with Gasteiger partial charge in [0.25, 0.3) is 0 Å². The van der Waals surface area contributed by atoms with Crippen LogP contribution in [-0.4, -0.2) is 51.8 Å². The van der Waals surface area contributed by atoms with Crippen LogP contribution in [0.4, 0.5) is 14.6 Å². The number of aryl methyl sites for hydroxylation is 1. The Balaban J connectivity index is 1.88. The van der Waals surface area contributed by atoms with Crippen LogP contribution in [0.3, 0.4) is 0 Å². The summed E-state index contributed by atoms with van der Waals surface area (Å²) in [6, 6.07) is 11.3. The zero-order valence-corrected chi connectivity index (χ0v) is 24.1. The van der Waals surface area contributed by atoms with Crippen molar-refractivity contribution in [1.29, 1.82) is 0 Å². The summed E-state index contributed by atoms with van der Waals surface area (Å²) in [5.74, 6) is -1.82. The highest BCUT2D eigenvalue weighted by molar-refractivity contribution is 6.34. The molecule has 1 fully saturated rings. The maximum Gasteiger partial charge on any atom is 0.354 e. The van der Waals surface area contributed by atoms with Gasteiger partial charge >= 0.3 is 5.69 Å². The molecule has 1 aromatic heterocycles. The zero-order chi connectivity index (χ0) is 28.9. The molecule has 4 aromatic rings. The Bertz CT molecular complexity index is 1640. The minimum Gasteiger partial charge on any atom is -0.507 e. The van der Waals surface area contributed by atoms with Crippen LogP contribution in [0.15, 0.2) is 47.3 Å². The van der Waals surface area contributed by atoms with Gasteiger partial charge in [-0.15, -0.1) is 0 Å². The van der Waals surface area contributed by atoms with E-state index in [2.05, 4.69) is 23.7 Å². The molecule has 0 radical (unpaired) electrons. The molecule has 0 bridgehead atoms. The molecule has 5 rings (SSSR count). The van der Waals surface area contributed by atoms with E-state index < -0.39 is 23.1 Å². The number of nitrogens with zero attached hydrogens (tertiary/aromatic N) is 4. The summed E-state index contributed by atoms with van der Waals surface area (Å²) >= 11 is 6.65. The number of fused-ring (bicyclic) bond motifs is 1. The second kappa shape index (κ2) is 10.8. The second-order valence-corrected chi connectivity index (χ2v) is 11.3. The summed E-state index contributed by atoms with van der Waals surface area (Å²) in [5, 5.41) is 10.8. The molecule has 0 unspecified atom stereocenters. The summed E-state index contributed by atoms with van der Waals surface area (Å²) < 4.78 is 33.2. The predicted octanol–water partition coefficient (Wildman–Crippen LogP) is 6.65. The van der Waals surface area contributed by atoms with Gasteiger partial charge in [0.05, 0.1) is 21.8 Å². The van der Waals surface area contributed by atoms with E-state index in [0.29, 0.717) is 36.0 Å². The van der Waals surface area contributed by atoms with Crippen LogP contribution < -0.4 is 10.6 Å². The fourth-order valence-electron chi connectivity index (χ4n) is 5.64. The Morgan fingerprint density at radius 3 is 2.27 bits per heavy atom. The van der Waals surface area contributed by atoms with Crippen LogP contribution in [-0.2, 0) is 0 Å². The fourth-order valence-corrected chi connectivity index (χ4v) is 5.92. The Morgan fingerprint density at radius 2 is 1.65 bits per heavy atom. The molecular formula is C31H33ClF2N4O2. The third-order valence-electron chi connectivity index (χ3n) is 7.75. The number of para-hydroxylation sites is 1. The van der Waals surface area contributed by atoms with Crippen LogP contribution >= 0.6 is 11.6 Å². The van der Waals surface area contributed by atoms with Crippen molar-refractivity contribution in [3.63, 3.8) is 0 Å². The quantitative estimate of drug-likeness (QED) is 0.293. The molecule has 0 saturated carbocycles. The van der Waals surface area contributed by atoms with Gasteiger partial charge in [-0.2, -0.15) is 4.98 Å². The smallest absolute Gasteiger partial charge is 0.354 e.